The first-order valence-corrected chi connectivity index (χ1v) is 5.41. The van der Waals surface area contributed by atoms with E-state index in [1.54, 1.807) is 6.07 Å². The molecule has 0 spiro atoms. The van der Waals surface area contributed by atoms with E-state index in [0.29, 0.717) is 5.56 Å². The first kappa shape index (κ1) is 9.29. The van der Waals surface area contributed by atoms with E-state index >= 15 is 0 Å². The molecule has 1 atom stereocenters. The molecule has 0 aliphatic rings. The van der Waals surface area contributed by atoms with Gasteiger partial charge < -0.3 is 0 Å². The van der Waals surface area contributed by atoms with Crippen molar-refractivity contribution in [3.05, 3.63) is 42.0 Å². The van der Waals surface area contributed by atoms with Crippen LogP contribution in [0.3, 0.4) is 0 Å². The molecule has 14 heavy (non-hydrogen) atoms. The summed E-state index contributed by atoms with van der Waals surface area (Å²) in [6, 6.07) is 11.4. The Morgan fingerprint density at radius 2 is 1.71 bits per heavy atom. The van der Waals surface area contributed by atoms with E-state index in [-0.39, 0.29) is 0 Å². The van der Waals surface area contributed by atoms with Crippen LogP contribution in [0.2, 0.25) is 0 Å². The summed E-state index contributed by atoms with van der Waals surface area (Å²) in [7, 11) is 0. The van der Waals surface area contributed by atoms with Crippen molar-refractivity contribution in [3.8, 4) is 0 Å². The maximum absolute atomic E-state index is 10.9. The Balaban J connectivity index is 2.77. The Kier molecular flexibility index (Phi) is 2.30. The number of carbonyl (C=O) groups is 1. The van der Waals surface area contributed by atoms with Crippen LogP contribution >= 0.6 is 0 Å². The van der Waals surface area contributed by atoms with Crippen molar-refractivity contribution >= 4 is 37.9 Å². The Labute approximate surface area is 90.1 Å². The van der Waals surface area contributed by atoms with E-state index in [0.717, 1.165) is 15.1 Å². The third-order valence-electron chi connectivity index (χ3n) is 2.15. The summed E-state index contributed by atoms with van der Waals surface area (Å²) in [5.74, 6) is -0.852. The van der Waals surface area contributed by atoms with Crippen LogP contribution in [0.5, 0.6) is 0 Å². The van der Waals surface area contributed by atoms with E-state index in [9.17, 15) is 4.79 Å². The average molecular weight is 248 g/mol. The third-order valence-corrected chi connectivity index (χ3v) is 3.15. The van der Waals surface area contributed by atoms with Crippen LogP contribution in [0, 0.1) is 0 Å². The molecule has 3 heteroatoms. The van der Waals surface area contributed by atoms with Crippen LogP contribution in [0.4, 0.5) is 0 Å². The number of hydrogen-bond donors (Lipinski definition) is 1. The zero-order valence-electron chi connectivity index (χ0n) is 7.40. The van der Waals surface area contributed by atoms with Gasteiger partial charge in [0.05, 0.1) is 0 Å². The molecule has 0 amide bonds. The summed E-state index contributed by atoms with van der Waals surface area (Å²) in [4.78, 5) is 10.9. The van der Waals surface area contributed by atoms with Gasteiger partial charge in [-0.05, 0) is 0 Å². The van der Waals surface area contributed by atoms with Gasteiger partial charge in [0.2, 0.25) is 0 Å². The Morgan fingerprint density at radius 3 is 2.29 bits per heavy atom. The fourth-order valence-electron chi connectivity index (χ4n) is 1.44. The monoisotopic (exact) mass is 248 g/mol. The SMILES string of the molecule is O=C(O)c1cc2ccccc2cc1[AsH2]. The van der Waals surface area contributed by atoms with E-state index < -0.39 is 5.97 Å². The Morgan fingerprint density at radius 1 is 1.14 bits per heavy atom. The molecule has 70 valence electrons. The molecule has 0 aromatic heterocycles. The van der Waals surface area contributed by atoms with Crippen LogP contribution in [-0.2, 0) is 0 Å². The number of carboxylic acids is 1. The molecule has 2 aromatic rings. The van der Waals surface area contributed by atoms with Gasteiger partial charge in [-0.1, -0.05) is 0 Å². The minimum atomic E-state index is -0.852. The summed E-state index contributed by atoms with van der Waals surface area (Å²) < 4.78 is 0.865. The molecule has 0 aliphatic heterocycles. The molecule has 0 saturated carbocycles. The van der Waals surface area contributed by atoms with Gasteiger partial charge in [-0.2, -0.15) is 0 Å². The van der Waals surface area contributed by atoms with Gasteiger partial charge in [-0.15, -0.1) is 0 Å². The quantitative estimate of drug-likeness (QED) is 0.758. The predicted molar refractivity (Wildman–Crippen MR) is 59.1 cm³/mol. The Hall–Kier alpha value is -1.27. The van der Waals surface area contributed by atoms with E-state index in [4.69, 9.17) is 5.11 Å². The van der Waals surface area contributed by atoms with Crippen LogP contribution in [0.25, 0.3) is 10.8 Å². The van der Waals surface area contributed by atoms with Gasteiger partial charge in [0.1, 0.15) is 0 Å². The standard InChI is InChI=1S/C11H9AsO2/c12-10-6-8-4-2-1-3-7(8)5-9(10)11(13)14/h1-6H,12H2,(H,13,14). The number of aromatic carboxylic acids is 1. The summed E-state index contributed by atoms with van der Waals surface area (Å²) in [5.41, 5.74) is 0.406. The molecule has 0 saturated heterocycles. The van der Waals surface area contributed by atoms with E-state index in [1.807, 2.05) is 30.3 Å². The van der Waals surface area contributed by atoms with Gasteiger partial charge in [-0.25, -0.2) is 0 Å². The number of benzene rings is 2. The van der Waals surface area contributed by atoms with Crippen molar-refractivity contribution in [3.63, 3.8) is 0 Å². The molecule has 2 aromatic carbocycles. The van der Waals surface area contributed by atoms with Gasteiger partial charge in [0.25, 0.3) is 0 Å². The van der Waals surface area contributed by atoms with E-state index in [1.165, 1.54) is 16.9 Å². The van der Waals surface area contributed by atoms with Crippen molar-refractivity contribution in [2.45, 2.75) is 0 Å². The molecular weight excluding hydrogens is 239 g/mol. The van der Waals surface area contributed by atoms with Crippen LogP contribution in [0.15, 0.2) is 36.4 Å². The Bertz CT molecular complexity index is 506. The topological polar surface area (TPSA) is 37.3 Å². The molecule has 2 nitrogen and oxygen atoms in total. The normalized spacial score (nSPS) is 10.4. The van der Waals surface area contributed by atoms with Crippen molar-refractivity contribution in [2.24, 2.45) is 0 Å². The molecule has 1 N–H and O–H groups in total. The summed E-state index contributed by atoms with van der Waals surface area (Å²) in [5, 5.41) is 11.0. The van der Waals surface area contributed by atoms with E-state index in [2.05, 4.69) is 0 Å². The summed E-state index contributed by atoms with van der Waals surface area (Å²) >= 11 is 1.34. The van der Waals surface area contributed by atoms with Crippen molar-refractivity contribution in [1.29, 1.82) is 0 Å². The van der Waals surface area contributed by atoms with Gasteiger partial charge >= 0.3 is 89.8 Å². The molecule has 0 fully saturated rings. The fourth-order valence-corrected chi connectivity index (χ4v) is 2.25. The second-order valence-electron chi connectivity index (χ2n) is 3.09. The van der Waals surface area contributed by atoms with Crippen molar-refractivity contribution in [2.75, 3.05) is 0 Å². The molecule has 2 rings (SSSR count). The second-order valence-corrected chi connectivity index (χ2v) is 4.40. The maximum atomic E-state index is 10.9. The van der Waals surface area contributed by atoms with Crippen LogP contribution in [0.1, 0.15) is 10.4 Å². The number of rotatable bonds is 1. The summed E-state index contributed by atoms with van der Waals surface area (Å²) in [6.45, 7) is 0. The number of carboxylic acid groups (broad SMARTS) is 1. The van der Waals surface area contributed by atoms with Gasteiger partial charge in [0.15, 0.2) is 0 Å². The van der Waals surface area contributed by atoms with Gasteiger partial charge in [-0.3, -0.25) is 0 Å². The molecule has 0 aliphatic carbocycles. The third kappa shape index (κ3) is 1.53. The zero-order chi connectivity index (χ0) is 10.1. The number of hydrogen-bond acceptors (Lipinski definition) is 1. The van der Waals surface area contributed by atoms with Crippen molar-refractivity contribution in [1.82, 2.24) is 0 Å². The average Bonchev–Trinajstić information content (AvgIpc) is 2.16. The van der Waals surface area contributed by atoms with Gasteiger partial charge in [0, 0.05) is 0 Å². The molecule has 1 unspecified atom stereocenters. The molecule has 0 heterocycles. The van der Waals surface area contributed by atoms with Crippen LogP contribution < -0.4 is 4.35 Å². The minimum absolute atomic E-state index is 0.406. The first-order chi connectivity index (χ1) is 6.68. The zero-order valence-corrected chi connectivity index (χ0v) is 9.82. The molecule has 0 bridgehead atoms. The summed E-state index contributed by atoms with van der Waals surface area (Å²) in [6.07, 6.45) is 0. The molecule has 0 radical (unpaired) electrons. The fraction of sp³-hybridized carbons (Fsp3) is 0. The molecular formula is C11H9AsO2. The predicted octanol–water partition coefficient (Wildman–Crippen LogP) is 0.796. The first-order valence-electron chi connectivity index (χ1n) is 4.20. The van der Waals surface area contributed by atoms with Crippen molar-refractivity contribution < 1.29 is 9.90 Å². The number of fused-ring (bicyclic) bond motifs is 1. The second kappa shape index (κ2) is 3.47. The van der Waals surface area contributed by atoms with Crippen LogP contribution in [-0.4, -0.2) is 27.9 Å².